The number of hydrazine groups is 1. The van der Waals surface area contributed by atoms with E-state index in [-0.39, 0.29) is 16.9 Å². The van der Waals surface area contributed by atoms with E-state index in [0.29, 0.717) is 0 Å². The number of benzene rings is 1. The topological polar surface area (TPSA) is 38.0 Å². The standard InChI is InChI=1S/C15H22ClFN2S/c16-14-9-11(6-7-15(14)17)8-12(19-18)10-20-13-4-2-1-3-5-13/h6-7,9,12-13,19H,1-5,8,10,18H2. The Balaban J connectivity index is 1.83. The van der Waals surface area contributed by atoms with Gasteiger partial charge in [0, 0.05) is 17.0 Å². The van der Waals surface area contributed by atoms with Crippen molar-refractivity contribution in [2.45, 2.75) is 49.8 Å². The molecule has 0 bridgehead atoms. The fourth-order valence-corrected chi connectivity index (χ4v) is 4.19. The van der Waals surface area contributed by atoms with E-state index >= 15 is 0 Å². The SMILES string of the molecule is NNC(CSC1CCCCC1)Cc1ccc(F)c(Cl)c1. The molecule has 1 aliphatic carbocycles. The van der Waals surface area contributed by atoms with E-state index in [1.165, 1.54) is 38.2 Å². The summed E-state index contributed by atoms with van der Waals surface area (Å²) in [6, 6.07) is 5.08. The van der Waals surface area contributed by atoms with E-state index in [9.17, 15) is 4.39 Å². The van der Waals surface area contributed by atoms with E-state index in [1.54, 1.807) is 12.1 Å². The summed E-state index contributed by atoms with van der Waals surface area (Å²) in [5, 5.41) is 0.953. The first-order chi connectivity index (χ1) is 9.69. The molecule has 0 amide bonds. The molecule has 1 unspecified atom stereocenters. The Hall–Kier alpha value is -0.290. The van der Waals surface area contributed by atoms with Gasteiger partial charge in [0.1, 0.15) is 5.82 Å². The molecular weight excluding hydrogens is 295 g/mol. The van der Waals surface area contributed by atoms with E-state index < -0.39 is 0 Å². The molecule has 5 heteroatoms. The van der Waals surface area contributed by atoms with Crippen molar-refractivity contribution in [2.75, 3.05) is 5.75 Å². The molecule has 1 aliphatic rings. The van der Waals surface area contributed by atoms with E-state index in [1.807, 2.05) is 11.8 Å². The average Bonchev–Trinajstić information content (AvgIpc) is 2.48. The first kappa shape index (κ1) is 16.1. The summed E-state index contributed by atoms with van der Waals surface area (Å²) in [7, 11) is 0. The van der Waals surface area contributed by atoms with Gasteiger partial charge < -0.3 is 0 Å². The third-order valence-corrected chi connectivity index (χ3v) is 5.61. The van der Waals surface area contributed by atoms with Crippen LogP contribution in [0.2, 0.25) is 5.02 Å². The van der Waals surface area contributed by atoms with Crippen molar-refractivity contribution in [1.29, 1.82) is 0 Å². The molecule has 0 radical (unpaired) electrons. The molecule has 1 saturated carbocycles. The number of thioether (sulfide) groups is 1. The van der Waals surface area contributed by atoms with Gasteiger partial charge in [-0.25, -0.2) is 4.39 Å². The molecule has 0 spiro atoms. The molecule has 1 aromatic carbocycles. The minimum atomic E-state index is -0.371. The maximum absolute atomic E-state index is 13.1. The first-order valence-corrected chi connectivity index (χ1v) is 8.63. The number of rotatable bonds is 6. The molecule has 0 saturated heterocycles. The Morgan fingerprint density at radius 2 is 2.10 bits per heavy atom. The third kappa shape index (κ3) is 4.92. The van der Waals surface area contributed by atoms with Crippen LogP contribution in [0.5, 0.6) is 0 Å². The van der Waals surface area contributed by atoms with Gasteiger partial charge in [-0.1, -0.05) is 36.9 Å². The zero-order valence-electron chi connectivity index (χ0n) is 11.6. The lowest BCUT2D eigenvalue weighted by Crippen LogP contribution is -2.39. The second-order valence-electron chi connectivity index (χ2n) is 5.41. The summed E-state index contributed by atoms with van der Waals surface area (Å²) in [5.41, 5.74) is 3.88. The molecule has 3 N–H and O–H groups in total. The summed E-state index contributed by atoms with van der Waals surface area (Å²) in [6.45, 7) is 0. The fraction of sp³-hybridized carbons (Fsp3) is 0.600. The van der Waals surface area contributed by atoms with Crippen LogP contribution in [-0.2, 0) is 6.42 Å². The lowest BCUT2D eigenvalue weighted by Gasteiger charge is -2.23. The Kier molecular flexibility index (Phi) is 6.62. The molecule has 0 aromatic heterocycles. The van der Waals surface area contributed by atoms with Crippen LogP contribution in [-0.4, -0.2) is 17.0 Å². The van der Waals surface area contributed by atoms with Crippen LogP contribution in [0.25, 0.3) is 0 Å². The second-order valence-corrected chi connectivity index (χ2v) is 7.15. The van der Waals surface area contributed by atoms with E-state index in [2.05, 4.69) is 5.43 Å². The number of halogens is 2. The zero-order chi connectivity index (χ0) is 14.4. The molecule has 20 heavy (non-hydrogen) atoms. The van der Waals surface area contributed by atoms with Crippen LogP contribution in [0.4, 0.5) is 4.39 Å². The van der Waals surface area contributed by atoms with Gasteiger partial charge in [0.2, 0.25) is 0 Å². The van der Waals surface area contributed by atoms with E-state index in [0.717, 1.165) is 23.0 Å². The van der Waals surface area contributed by atoms with Gasteiger partial charge >= 0.3 is 0 Å². The molecule has 2 nitrogen and oxygen atoms in total. The van der Waals surface area contributed by atoms with Crippen LogP contribution in [0.1, 0.15) is 37.7 Å². The van der Waals surface area contributed by atoms with Gasteiger partial charge in [-0.15, -0.1) is 0 Å². The minimum absolute atomic E-state index is 0.179. The van der Waals surface area contributed by atoms with Crippen molar-refractivity contribution in [3.63, 3.8) is 0 Å². The van der Waals surface area contributed by atoms with Crippen molar-refractivity contribution in [3.8, 4) is 0 Å². The maximum atomic E-state index is 13.1. The lowest BCUT2D eigenvalue weighted by molar-refractivity contribution is 0.513. The van der Waals surface area contributed by atoms with Gasteiger partial charge in [0.05, 0.1) is 5.02 Å². The third-order valence-electron chi connectivity index (χ3n) is 3.79. The van der Waals surface area contributed by atoms with Gasteiger partial charge in [-0.3, -0.25) is 11.3 Å². The highest BCUT2D eigenvalue weighted by atomic mass is 35.5. The lowest BCUT2D eigenvalue weighted by atomic mass is 10.0. The van der Waals surface area contributed by atoms with Gasteiger partial charge in [0.15, 0.2) is 0 Å². The Labute approximate surface area is 129 Å². The van der Waals surface area contributed by atoms with Crippen molar-refractivity contribution >= 4 is 23.4 Å². The molecule has 0 aliphatic heterocycles. The first-order valence-electron chi connectivity index (χ1n) is 7.20. The zero-order valence-corrected chi connectivity index (χ0v) is 13.2. The van der Waals surface area contributed by atoms with Gasteiger partial charge in [-0.2, -0.15) is 11.8 Å². The van der Waals surface area contributed by atoms with Crippen LogP contribution in [0.3, 0.4) is 0 Å². The summed E-state index contributed by atoms with van der Waals surface area (Å²) in [5.74, 6) is 6.25. The molecule has 1 aromatic rings. The van der Waals surface area contributed by atoms with Crippen LogP contribution in [0.15, 0.2) is 18.2 Å². The summed E-state index contributed by atoms with van der Waals surface area (Å²) >= 11 is 7.81. The van der Waals surface area contributed by atoms with Gasteiger partial charge in [0.25, 0.3) is 0 Å². The highest BCUT2D eigenvalue weighted by Crippen LogP contribution is 2.29. The molecule has 1 atom stereocenters. The van der Waals surface area contributed by atoms with Crippen molar-refractivity contribution in [3.05, 3.63) is 34.6 Å². The van der Waals surface area contributed by atoms with E-state index in [4.69, 9.17) is 17.4 Å². The summed E-state index contributed by atoms with van der Waals surface area (Å²) in [6.07, 6.45) is 7.51. The summed E-state index contributed by atoms with van der Waals surface area (Å²) in [4.78, 5) is 0. The molecule has 0 heterocycles. The van der Waals surface area contributed by atoms with Crippen LogP contribution >= 0.6 is 23.4 Å². The number of nitrogens with two attached hydrogens (primary N) is 1. The van der Waals surface area contributed by atoms with Gasteiger partial charge in [-0.05, 0) is 37.0 Å². The fourth-order valence-electron chi connectivity index (χ4n) is 2.60. The minimum Gasteiger partial charge on any atom is -0.271 e. The Morgan fingerprint density at radius 1 is 1.35 bits per heavy atom. The number of hydrogen-bond donors (Lipinski definition) is 2. The average molecular weight is 317 g/mol. The molecular formula is C15H22ClFN2S. The Morgan fingerprint density at radius 3 is 2.75 bits per heavy atom. The largest absolute Gasteiger partial charge is 0.271 e. The molecule has 2 rings (SSSR count). The highest BCUT2D eigenvalue weighted by molar-refractivity contribution is 7.99. The van der Waals surface area contributed by atoms with Crippen molar-refractivity contribution in [1.82, 2.24) is 5.43 Å². The predicted molar refractivity (Wildman–Crippen MR) is 85.6 cm³/mol. The van der Waals surface area contributed by atoms with Crippen LogP contribution < -0.4 is 11.3 Å². The maximum Gasteiger partial charge on any atom is 0.141 e. The predicted octanol–water partition coefficient (Wildman–Crippen LogP) is 3.92. The second kappa shape index (κ2) is 8.23. The monoisotopic (exact) mass is 316 g/mol. The number of nitrogens with one attached hydrogen (secondary N) is 1. The van der Waals surface area contributed by atoms with Crippen LogP contribution in [0, 0.1) is 5.82 Å². The smallest absolute Gasteiger partial charge is 0.141 e. The number of hydrogen-bond acceptors (Lipinski definition) is 3. The Bertz CT molecular complexity index is 424. The molecule has 1 fully saturated rings. The van der Waals surface area contributed by atoms with Crippen molar-refractivity contribution < 1.29 is 4.39 Å². The summed E-state index contributed by atoms with van der Waals surface area (Å²) < 4.78 is 13.1. The molecule has 112 valence electrons. The quantitative estimate of drug-likeness (QED) is 0.617. The highest BCUT2D eigenvalue weighted by Gasteiger charge is 2.16. The van der Waals surface area contributed by atoms with Crippen molar-refractivity contribution in [2.24, 2.45) is 5.84 Å². The normalized spacial score (nSPS) is 18.1.